The Morgan fingerprint density at radius 1 is 1.04 bits per heavy atom. The van der Waals surface area contributed by atoms with Gasteiger partial charge in [0.2, 0.25) is 0 Å². The standard InChI is InChI=1S/C20H20N2O5/c1-13(20(25)26)21-19(24)16(12-14-8-4-3-5-9-14)22-18(23)15-10-6-7-11-17(15)27-2/h3-13H,1-2H3,(H,21,24)(H,22,23)(H,25,26)/b16-12+/t13-/m1/s1. The summed E-state index contributed by atoms with van der Waals surface area (Å²) in [6.07, 6.45) is 1.47. The maximum absolute atomic E-state index is 12.6. The number of amides is 2. The lowest BCUT2D eigenvalue weighted by atomic mass is 10.1. The van der Waals surface area contributed by atoms with Crippen molar-refractivity contribution in [1.82, 2.24) is 10.6 Å². The van der Waals surface area contributed by atoms with E-state index in [4.69, 9.17) is 9.84 Å². The molecular weight excluding hydrogens is 348 g/mol. The molecule has 27 heavy (non-hydrogen) atoms. The third kappa shape index (κ3) is 5.43. The minimum absolute atomic E-state index is 0.0785. The van der Waals surface area contributed by atoms with E-state index >= 15 is 0 Å². The van der Waals surface area contributed by atoms with Crippen LogP contribution < -0.4 is 15.4 Å². The largest absolute Gasteiger partial charge is 0.496 e. The molecule has 140 valence electrons. The second-order valence-electron chi connectivity index (χ2n) is 5.66. The third-order valence-corrected chi connectivity index (χ3v) is 3.67. The topological polar surface area (TPSA) is 105 Å². The molecule has 1 atom stereocenters. The molecule has 7 heteroatoms. The summed E-state index contributed by atoms with van der Waals surface area (Å²) in [4.78, 5) is 36.1. The zero-order valence-electron chi connectivity index (χ0n) is 14.9. The van der Waals surface area contributed by atoms with Gasteiger partial charge in [-0.25, -0.2) is 0 Å². The first-order valence-corrected chi connectivity index (χ1v) is 8.17. The van der Waals surface area contributed by atoms with Gasteiger partial charge >= 0.3 is 5.97 Å². The van der Waals surface area contributed by atoms with Gasteiger partial charge < -0.3 is 20.5 Å². The van der Waals surface area contributed by atoms with Crippen molar-refractivity contribution in [2.45, 2.75) is 13.0 Å². The number of nitrogens with one attached hydrogen (secondary N) is 2. The quantitative estimate of drug-likeness (QED) is 0.649. The molecule has 2 aromatic rings. The number of aliphatic carboxylic acids is 1. The summed E-state index contributed by atoms with van der Waals surface area (Å²) in [6.45, 7) is 1.34. The van der Waals surface area contributed by atoms with Gasteiger partial charge in [0.15, 0.2) is 0 Å². The summed E-state index contributed by atoms with van der Waals surface area (Å²) >= 11 is 0. The van der Waals surface area contributed by atoms with Crippen LogP contribution in [0.15, 0.2) is 60.3 Å². The molecule has 0 saturated carbocycles. The van der Waals surface area contributed by atoms with E-state index < -0.39 is 23.8 Å². The van der Waals surface area contributed by atoms with Crippen LogP contribution in [0, 0.1) is 0 Å². The Morgan fingerprint density at radius 3 is 2.30 bits per heavy atom. The van der Waals surface area contributed by atoms with Gasteiger partial charge in [-0.3, -0.25) is 14.4 Å². The first kappa shape index (κ1) is 19.7. The lowest BCUT2D eigenvalue weighted by Crippen LogP contribution is -2.42. The van der Waals surface area contributed by atoms with Crippen molar-refractivity contribution in [1.29, 1.82) is 0 Å². The van der Waals surface area contributed by atoms with Crippen LogP contribution in [0.1, 0.15) is 22.8 Å². The molecule has 2 aromatic carbocycles. The van der Waals surface area contributed by atoms with Crippen LogP contribution in [0.2, 0.25) is 0 Å². The fourth-order valence-electron chi connectivity index (χ4n) is 2.23. The summed E-state index contributed by atoms with van der Waals surface area (Å²) in [5, 5.41) is 13.9. The predicted octanol–water partition coefficient (Wildman–Crippen LogP) is 2.06. The van der Waals surface area contributed by atoms with Crippen LogP contribution in [-0.4, -0.2) is 36.0 Å². The zero-order valence-corrected chi connectivity index (χ0v) is 14.9. The Morgan fingerprint density at radius 2 is 1.67 bits per heavy atom. The number of rotatable bonds is 7. The summed E-state index contributed by atoms with van der Waals surface area (Å²) in [6, 6.07) is 14.4. The lowest BCUT2D eigenvalue weighted by Gasteiger charge is -2.14. The lowest BCUT2D eigenvalue weighted by molar-refractivity contribution is -0.140. The van der Waals surface area contributed by atoms with Crippen LogP contribution in [0.4, 0.5) is 0 Å². The Kier molecular flexibility index (Phi) is 6.71. The van der Waals surface area contributed by atoms with Gasteiger partial charge in [-0.05, 0) is 30.7 Å². The number of carbonyl (C=O) groups excluding carboxylic acids is 2. The van der Waals surface area contributed by atoms with Gasteiger partial charge in [0.25, 0.3) is 11.8 Å². The maximum Gasteiger partial charge on any atom is 0.325 e. The zero-order chi connectivity index (χ0) is 19.8. The highest BCUT2D eigenvalue weighted by Gasteiger charge is 2.20. The van der Waals surface area contributed by atoms with E-state index in [2.05, 4.69) is 10.6 Å². The van der Waals surface area contributed by atoms with Gasteiger partial charge in [0.1, 0.15) is 17.5 Å². The summed E-state index contributed by atoms with van der Waals surface area (Å²) < 4.78 is 5.16. The van der Waals surface area contributed by atoms with Crippen LogP contribution in [0.5, 0.6) is 5.75 Å². The van der Waals surface area contributed by atoms with Crippen LogP contribution in [0.3, 0.4) is 0 Å². The van der Waals surface area contributed by atoms with Crippen molar-refractivity contribution < 1.29 is 24.2 Å². The van der Waals surface area contributed by atoms with E-state index in [0.29, 0.717) is 11.3 Å². The van der Waals surface area contributed by atoms with E-state index in [0.717, 1.165) is 0 Å². The molecule has 0 aliphatic heterocycles. The summed E-state index contributed by atoms with van der Waals surface area (Å²) in [7, 11) is 1.44. The minimum atomic E-state index is -1.18. The van der Waals surface area contributed by atoms with Gasteiger partial charge in [0.05, 0.1) is 12.7 Å². The van der Waals surface area contributed by atoms with Gasteiger partial charge in [-0.1, -0.05) is 42.5 Å². The number of carbonyl (C=O) groups is 3. The smallest absolute Gasteiger partial charge is 0.325 e. The molecule has 2 amide bonds. The molecular formula is C20H20N2O5. The number of hydrogen-bond acceptors (Lipinski definition) is 4. The number of benzene rings is 2. The maximum atomic E-state index is 12.6. The molecule has 0 aromatic heterocycles. The van der Waals surface area contributed by atoms with E-state index in [1.54, 1.807) is 48.5 Å². The third-order valence-electron chi connectivity index (χ3n) is 3.67. The number of carboxylic acids is 1. The Bertz CT molecular complexity index is 862. The Hall–Kier alpha value is -3.61. The van der Waals surface area contributed by atoms with Crippen LogP contribution >= 0.6 is 0 Å². The second kappa shape index (κ2) is 9.19. The highest BCUT2D eigenvalue weighted by Crippen LogP contribution is 2.17. The molecule has 2 rings (SSSR count). The van der Waals surface area contributed by atoms with Gasteiger partial charge in [-0.2, -0.15) is 0 Å². The van der Waals surface area contributed by atoms with E-state index in [1.165, 1.54) is 20.1 Å². The Labute approximate surface area is 156 Å². The van der Waals surface area contributed by atoms with Crippen molar-refractivity contribution in [3.8, 4) is 5.75 Å². The number of ether oxygens (including phenoxy) is 1. The molecule has 0 aliphatic carbocycles. The second-order valence-corrected chi connectivity index (χ2v) is 5.66. The molecule has 0 saturated heterocycles. The first-order valence-electron chi connectivity index (χ1n) is 8.17. The normalized spacial score (nSPS) is 12.0. The predicted molar refractivity (Wildman–Crippen MR) is 100 cm³/mol. The molecule has 0 fully saturated rings. The summed E-state index contributed by atoms with van der Waals surface area (Å²) in [5.74, 6) is -2.09. The Balaban J connectivity index is 2.32. The molecule has 0 radical (unpaired) electrons. The average molecular weight is 368 g/mol. The van der Waals surface area contributed by atoms with Crippen molar-refractivity contribution in [2.24, 2.45) is 0 Å². The van der Waals surface area contributed by atoms with E-state index in [-0.39, 0.29) is 11.3 Å². The SMILES string of the molecule is COc1ccccc1C(=O)N/C(=C/c1ccccc1)C(=O)N[C@H](C)C(=O)O. The van der Waals surface area contributed by atoms with Gasteiger partial charge in [0, 0.05) is 0 Å². The van der Waals surface area contributed by atoms with Crippen molar-refractivity contribution >= 4 is 23.9 Å². The molecule has 7 nitrogen and oxygen atoms in total. The molecule has 0 spiro atoms. The van der Waals surface area contributed by atoms with E-state index in [1.807, 2.05) is 6.07 Å². The number of para-hydroxylation sites is 1. The average Bonchev–Trinajstić information content (AvgIpc) is 2.67. The number of carboxylic acid groups (broad SMARTS) is 1. The highest BCUT2D eigenvalue weighted by atomic mass is 16.5. The number of hydrogen-bond donors (Lipinski definition) is 3. The fraction of sp³-hybridized carbons (Fsp3) is 0.150. The molecule has 0 bridgehead atoms. The highest BCUT2D eigenvalue weighted by molar-refractivity contribution is 6.06. The fourth-order valence-corrected chi connectivity index (χ4v) is 2.23. The minimum Gasteiger partial charge on any atom is -0.496 e. The molecule has 3 N–H and O–H groups in total. The van der Waals surface area contributed by atoms with Crippen molar-refractivity contribution in [3.63, 3.8) is 0 Å². The van der Waals surface area contributed by atoms with Crippen molar-refractivity contribution in [2.75, 3.05) is 7.11 Å². The van der Waals surface area contributed by atoms with Crippen LogP contribution in [0.25, 0.3) is 6.08 Å². The summed E-state index contributed by atoms with van der Waals surface area (Å²) in [5.41, 5.74) is 0.842. The van der Waals surface area contributed by atoms with Crippen LogP contribution in [-0.2, 0) is 9.59 Å². The number of methoxy groups -OCH3 is 1. The molecule has 0 heterocycles. The monoisotopic (exact) mass is 368 g/mol. The molecule has 0 unspecified atom stereocenters. The molecule has 0 aliphatic rings. The van der Waals surface area contributed by atoms with E-state index in [9.17, 15) is 14.4 Å². The van der Waals surface area contributed by atoms with Gasteiger partial charge in [-0.15, -0.1) is 0 Å². The first-order chi connectivity index (χ1) is 12.9. The van der Waals surface area contributed by atoms with Crippen molar-refractivity contribution in [3.05, 3.63) is 71.4 Å².